The van der Waals surface area contributed by atoms with Crippen LogP contribution < -0.4 is 4.74 Å². The molecule has 3 heterocycles. The second-order valence-electron chi connectivity index (χ2n) is 8.24. The molecule has 0 bridgehead atoms. The highest BCUT2D eigenvalue weighted by molar-refractivity contribution is 5.70. The molecule has 0 spiro atoms. The van der Waals surface area contributed by atoms with E-state index >= 15 is 0 Å². The van der Waals surface area contributed by atoms with Crippen molar-refractivity contribution in [3.63, 3.8) is 0 Å². The highest BCUT2D eigenvalue weighted by Gasteiger charge is 2.38. The molecule has 4 rings (SSSR count). The molecule has 1 atom stereocenters. The zero-order valence-corrected chi connectivity index (χ0v) is 17.5. The Labute approximate surface area is 171 Å². The Balaban J connectivity index is 1.49. The first kappa shape index (κ1) is 19.8. The van der Waals surface area contributed by atoms with Crippen molar-refractivity contribution in [2.45, 2.75) is 63.8 Å². The Hall–Kier alpha value is -2.45. The molecule has 0 amide bonds. The van der Waals surface area contributed by atoms with Crippen molar-refractivity contribution in [1.82, 2.24) is 29.5 Å². The second-order valence-corrected chi connectivity index (χ2v) is 8.24. The van der Waals surface area contributed by atoms with Crippen LogP contribution in [0, 0.1) is 0 Å². The number of rotatable bonds is 8. The minimum absolute atomic E-state index is 0.000947. The van der Waals surface area contributed by atoms with Gasteiger partial charge in [0.2, 0.25) is 0 Å². The molecular formula is C21H30N6O2. The monoisotopic (exact) mass is 398 g/mol. The first-order valence-corrected chi connectivity index (χ1v) is 10.2. The highest BCUT2D eigenvalue weighted by Crippen LogP contribution is 2.33. The number of hydrazine groups is 1. The molecule has 0 radical (unpaired) electrons. The molecule has 1 aliphatic heterocycles. The zero-order valence-electron chi connectivity index (χ0n) is 17.5. The van der Waals surface area contributed by atoms with Crippen LogP contribution in [0.1, 0.15) is 52.2 Å². The summed E-state index contributed by atoms with van der Waals surface area (Å²) in [6.07, 6.45) is 10.9. The molecule has 2 aromatic heterocycles. The summed E-state index contributed by atoms with van der Waals surface area (Å²) in [5, 5.41) is 4.25. The number of aromatic nitrogens is 4. The van der Waals surface area contributed by atoms with Gasteiger partial charge in [0.1, 0.15) is 17.5 Å². The van der Waals surface area contributed by atoms with Gasteiger partial charge in [0, 0.05) is 25.9 Å². The Morgan fingerprint density at radius 2 is 2.10 bits per heavy atom. The SMILES string of the molecule is C=CN(C1CC1)N(C)C(C)(C)C(=C)Oc1ncc2c(ncn2C2CCCCO2)n1. The summed E-state index contributed by atoms with van der Waals surface area (Å²) in [7, 11) is 2.02. The highest BCUT2D eigenvalue weighted by atomic mass is 16.5. The van der Waals surface area contributed by atoms with E-state index in [1.54, 1.807) is 12.5 Å². The smallest absolute Gasteiger partial charge is 0.323 e. The maximum atomic E-state index is 5.96. The van der Waals surface area contributed by atoms with Gasteiger partial charge in [-0.05, 0) is 46.0 Å². The van der Waals surface area contributed by atoms with Gasteiger partial charge in [-0.3, -0.25) is 0 Å². The fraction of sp³-hybridized carbons (Fsp3) is 0.571. The first-order valence-electron chi connectivity index (χ1n) is 10.2. The molecule has 2 aromatic rings. The summed E-state index contributed by atoms with van der Waals surface area (Å²) in [6, 6.07) is 0.749. The van der Waals surface area contributed by atoms with Crippen molar-refractivity contribution in [3.8, 4) is 6.01 Å². The van der Waals surface area contributed by atoms with Gasteiger partial charge in [-0.25, -0.2) is 15.0 Å². The van der Waals surface area contributed by atoms with Gasteiger partial charge in [0.05, 0.1) is 18.1 Å². The molecule has 1 saturated heterocycles. The van der Waals surface area contributed by atoms with E-state index in [2.05, 4.69) is 52.0 Å². The summed E-state index contributed by atoms with van der Waals surface area (Å²) >= 11 is 0. The number of imidazole rings is 1. The molecule has 156 valence electrons. The number of hydrogen-bond donors (Lipinski definition) is 0. The van der Waals surface area contributed by atoms with Crippen molar-refractivity contribution >= 4 is 11.2 Å². The van der Waals surface area contributed by atoms with E-state index < -0.39 is 5.54 Å². The topological polar surface area (TPSA) is 68.5 Å². The van der Waals surface area contributed by atoms with E-state index in [1.165, 1.54) is 12.8 Å². The fourth-order valence-electron chi connectivity index (χ4n) is 3.59. The fourth-order valence-corrected chi connectivity index (χ4v) is 3.59. The molecule has 2 fully saturated rings. The van der Waals surface area contributed by atoms with E-state index in [4.69, 9.17) is 9.47 Å². The third kappa shape index (κ3) is 3.86. The molecular weight excluding hydrogens is 368 g/mol. The lowest BCUT2D eigenvalue weighted by Gasteiger charge is -2.42. The van der Waals surface area contributed by atoms with Crippen molar-refractivity contribution in [2.75, 3.05) is 13.7 Å². The van der Waals surface area contributed by atoms with Gasteiger partial charge in [-0.2, -0.15) is 4.98 Å². The maximum Gasteiger partial charge on any atom is 0.323 e. The molecule has 1 saturated carbocycles. The number of fused-ring (bicyclic) bond motifs is 1. The van der Waals surface area contributed by atoms with Crippen LogP contribution in [0.4, 0.5) is 0 Å². The van der Waals surface area contributed by atoms with Crippen LogP contribution in [0.5, 0.6) is 6.01 Å². The van der Waals surface area contributed by atoms with Gasteiger partial charge in [0.25, 0.3) is 0 Å². The second kappa shape index (κ2) is 7.76. The van der Waals surface area contributed by atoms with Crippen molar-refractivity contribution < 1.29 is 9.47 Å². The average molecular weight is 399 g/mol. The lowest BCUT2D eigenvalue weighted by Crippen LogP contribution is -2.52. The number of ether oxygens (including phenoxy) is 2. The van der Waals surface area contributed by atoms with Crippen molar-refractivity contribution in [1.29, 1.82) is 0 Å². The summed E-state index contributed by atoms with van der Waals surface area (Å²) in [5.74, 6) is 0.557. The number of nitrogens with zero attached hydrogens (tertiary/aromatic N) is 6. The van der Waals surface area contributed by atoms with Crippen LogP contribution in [0.2, 0.25) is 0 Å². The van der Waals surface area contributed by atoms with Crippen LogP contribution in [0.25, 0.3) is 11.2 Å². The molecule has 2 aliphatic rings. The van der Waals surface area contributed by atoms with Gasteiger partial charge in [0.15, 0.2) is 5.65 Å². The van der Waals surface area contributed by atoms with E-state index in [9.17, 15) is 0 Å². The molecule has 0 aromatic carbocycles. The van der Waals surface area contributed by atoms with Crippen LogP contribution in [-0.4, -0.2) is 54.8 Å². The molecule has 8 nitrogen and oxygen atoms in total. The molecule has 0 N–H and O–H groups in total. The van der Waals surface area contributed by atoms with Crippen molar-refractivity contribution in [2.24, 2.45) is 0 Å². The van der Waals surface area contributed by atoms with E-state index in [0.717, 1.165) is 31.4 Å². The summed E-state index contributed by atoms with van der Waals surface area (Å²) in [6.45, 7) is 13.0. The Morgan fingerprint density at radius 3 is 2.76 bits per heavy atom. The van der Waals surface area contributed by atoms with Crippen molar-refractivity contribution in [3.05, 3.63) is 37.6 Å². The Bertz CT molecular complexity index is 898. The lowest BCUT2D eigenvalue weighted by atomic mass is 10.0. The Kier molecular flexibility index (Phi) is 5.31. The predicted octanol–water partition coefficient (Wildman–Crippen LogP) is 3.65. The van der Waals surface area contributed by atoms with Crippen LogP contribution >= 0.6 is 0 Å². The van der Waals surface area contributed by atoms with Gasteiger partial charge in [-0.1, -0.05) is 13.2 Å². The third-order valence-electron chi connectivity index (χ3n) is 5.94. The minimum Gasteiger partial charge on any atom is -0.427 e. The normalized spacial score (nSPS) is 20.1. The molecule has 29 heavy (non-hydrogen) atoms. The lowest BCUT2D eigenvalue weighted by molar-refractivity contribution is -0.0408. The van der Waals surface area contributed by atoms with Crippen LogP contribution in [0.15, 0.2) is 37.6 Å². The standard InChI is InChI=1S/C21H30N6O2/c1-6-27(16-10-11-16)25(5)21(3,4)15(2)29-20-22-13-17-19(24-20)23-14-26(17)18-9-7-8-12-28-18/h6,13-14,16,18H,1-2,7-12H2,3-5H3. The Morgan fingerprint density at radius 1 is 1.31 bits per heavy atom. The van der Waals surface area contributed by atoms with Gasteiger partial charge in [-0.15, -0.1) is 0 Å². The first-order chi connectivity index (χ1) is 13.9. The quantitative estimate of drug-likeness (QED) is 0.496. The minimum atomic E-state index is -0.468. The third-order valence-corrected chi connectivity index (χ3v) is 5.94. The van der Waals surface area contributed by atoms with Gasteiger partial charge >= 0.3 is 6.01 Å². The predicted molar refractivity (Wildman–Crippen MR) is 111 cm³/mol. The zero-order chi connectivity index (χ0) is 20.6. The van der Waals surface area contributed by atoms with E-state index in [1.807, 2.05) is 17.8 Å². The van der Waals surface area contributed by atoms with Crippen LogP contribution in [0.3, 0.4) is 0 Å². The largest absolute Gasteiger partial charge is 0.427 e. The summed E-state index contributed by atoms with van der Waals surface area (Å²) in [5.41, 5.74) is 0.969. The van der Waals surface area contributed by atoms with E-state index in [0.29, 0.717) is 17.4 Å². The van der Waals surface area contributed by atoms with E-state index in [-0.39, 0.29) is 12.2 Å². The average Bonchev–Trinajstić information content (AvgIpc) is 3.47. The summed E-state index contributed by atoms with van der Waals surface area (Å²) < 4.78 is 13.8. The number of hydrogen-bond acceptors (Lipinski definition) is 7. The molecule has 1 aliphatic carbocycles. The molecule has 8 heteroatoms. The molecule has 1 unspecified atom stereocenters. The van der Waals surface area contributed by atoms with Crippen LogP contribution in [-0.2, 0) is 4.74 Å². The summed E-state index contributed by atoms with van der Waals surface area (Å²) in [4.78, 5) is 13.3. The number of likely N-dealkylation sites (N-methyl/N-ethyl adjacent to an activating group) is 1. The van der Waals surface area contributed by atoms with Gasteiger partial charge < -0.3 is 19.0 Å². The maximum absolute atomic E-state index is 5.96.